The Kier molecular flexibility index (Phi) is 8.26. The molecule has 0 aromatic heterocycles. The number of rotatable bonds is 8. The molecule has 1 aliphatic rings. The third-order valence-electron chi connectivity index (χ3n) is 6.65. The van der Waals surface area contributed by atoms with Gasteiger partial charge in [-0.1, -0.05) is 79.9 Å². The Bertz CT molecular complexity index is 939. The first kappa shape index (κ1) is 24.5. The topological polar surface area (TPSA) is 75.7 Å². The molecule has 0 saturated heterocycles. The fourth-order valence-electron chi connectivity index (χ4n) is 5.02. The zero-order valence-electron chi connectivity index (χ0n) is 19.8. The van der Waals surface area contributed by atoms with Crippen LogP contribution in [0.4, 0.5) is 0 Å². The van der Waals surface area contributed by atoms with Crippen LogP contribution in [0.15, 0.2) is 60.7 Å². The van der Waals surface area contributed by atoms with Crippen LogP contribution in [0.1, 0.15) is 63.1 Å². The van der Waals surface area contributed by atoms with Crippen LogP contribution >= 0.6 is 0 Å². The second kappa shape index (κ2) is 11.1. The quantitative estimate of drug-likeness (QED) is 0.612. The van der Waals surface area contributed by atoms with Crippen LogP contribution in [0.2, 0.25) is 0 Å². The molecule has 0 unspecified atom stereocenters. The molecule has 2 aromatic carbocycles. The lowest BCUT2D eigenvalue weighted by Gasteiger charge is -2.48. The molecule has 0 aliphatic heterocycles. The highest BCUT2D eigenvalue weighted by Crippen LogP contribution is 2.39. The fourth-order valence-corrected chi connectivity index (χ4v) is 5.02. The second-order valence-corrected chi connectivity index (χ2v) is 8.81. The molecule has 2 atom stereocenters. The summed E-state index contributed by atoms with van der Waals surface area (Å²) in [5, 5.41) is 2.96. The van der Waals surface area contributed by atoms with Crippen LogP contribution < -0.4 is 5.32 Å². The molecule has 1 saturated carbocycles. The second-order valence-electron chi connectivity index (χ2n) is 8.81. The van der Waals surface area contributed by atoms with Crippen molar-refractivity contribution >= 4 is 17.8 Å². The van der Waals surface area contributed by atoms with Gasteiger partial charge in [0.1, 0.15) is 11.6 Å². The van der Waals surface area contributed by atoms with Crippen molar-refractivity contribution in [3.8, 4) is 0 Å². The van der Waals surface area contributed by atoms with Crippen LogP contribution in [0.5, 0.6) is 0 Å². The number of nitrogens with one attached hydrogen (secondary N) is 1. The smallest absolute Gasteiger partial charge is 0.328 e. The summed E-state index contributed by atoms with van der Waals surface area (Å²) in [5.41, 5.74) is 0.883. The van der Waals surface area contributed by atoms with Gasteiger partial charge in [0, 0.05) is 13.3 Å². The van der Waals surface area contributed by atoms with Crippen molar-refractivity contribution in [2.45, 2.75) is 70.0 Å². The predicted molar refractivity (Wildman–Crippen MR) is 127 cm³/mol. The maximum absolute atomic E-state index is 13.9. The van der Waals surface area contributed by atoms with Gasteiger partial charge < -0.3 is 15.0 Å². The minimum atomic E-state index is -1.01. The molecule has 176 valence electrons. The van der Waals surface area contributed by atoms with Crippen molar-refractivity contribution in [1.82, 2.24) is 10.2 Å². The van der Waals surface area contributed by atoms with Gasteiger partial charge in [-0.25, -0.2) is 4.79 Å². The lowest BCUT2D eigenvalue weighted by molar-refractivity contribution is -0.155. The number of carbonyl (C=O) groups excluding carboxylic acids is 3. The lowest BCUT2D eigenvalue weighted by atomic mass is 9.77. The first-order valence-corrected chi connectivity index (χ1v) is 11.7. The molecule has 3 rings (SSSR count). The fraction of sp³-hybridized carbons (Fsp3) is 0.444. The molecular weight excluding hydrogens is 416 g/mol. The van der Waals surface area contributed by atoms with E-state index < -0.39 is 17.6 Å². The van der Waals surface area contributed by atoms with Crippen LogP contribution in [0.25, 0.3) is 0 Å². The number of benzene rings is 2. The van der Waals surface area contributed by atoms with E-state index in [4.69, 9.17) is 4.74 Å². The molecular formula is C27H34N2O4. The Hall–Kier alpha value is -3.15. The van der Waals surface area contributed by atoms with Gasteiger partial charge in [-0.05, 0) is 30.9 Å². The molecule has 0 spiro atoms. The van der Waals surface area contributed by atoms with Gasteiger partial charge >= 0.3 is 5.97 Å². The van der Waals surface area contributed by atoms with E-state index in [1.807, 2.05) is 67.6 Å². The summed E-state index contributed by atoms with van der Waals surface area (Å²) in [6.07, 6.45) is 4.17. The molecule has 2 amide bonds. The van der Waals surface area contributed by atoms with Crippen molar-refractivity contribution < 1.29 is 19.1 Å². The molecule has 0 heterocycles. The summed E-state index contributed by atoms with van der Waals surface area (Å²) in [4.78, 5) is 41.2. The molecule has 0 radical (unpaired) electrons. The minimum Gasteiger partial charge on any atom is -0.467 e. The van der Waals surface area contributed by atoms with Gasteiger partial charge in [0.2, 0.25) is 11.8 Å². The first-order chi connectivity index (χ1) is 15.9. The number of carbonyl (C=O) groups is 3. The predicted octanol–water partition coefficient (Wildman–Crippen LogP) is 4.20. The van der Waals surface area contributed by atoms with Crippen LogP contribution in [-0.2, 0) is 25.5 Å². The Morgan fingerprint density at radius 3 is 2.09 bits per heavy atom. The largest absolute Gasteiger partial charge is 0.467 e. The maximum Gasteiger partial charge on any atom is 0.328 e. The number of amides is 2. The Morgan fingerprint density at radius 2 is 1.55 bits per heavy atom. The molecule has 33 heavy (non-hydrogen) atoms. The summed E-state index contributed by atoms with van der Waals surface area (Å²) in [7, 11) is 1.32. The van der Waals surface area contributed by atoms with Crippen molar-refractivity contribution in [3.05, 3.63) is 71.8 Å². The maximum atomic E-state index is 13.9. The zero-order valence-corrected chi connectivity index (χ0v) is 19.8. The minimum absolute atomic E-state index is 0.152. The average Bonchev–Trinajstić information content (AvgIpc) is 2.84. The normalized spacial score (nSPS) is 16.8. The average molecular weight is 451 g/mol. The first-order valence-electron chi connectivity index (χ1n) is 11.7. The molecule has 0 bridgehead atoms. The van der Waals surface area contributed by atoms with E-state index in [9.17, 15) is 14.4 Å². The summed E-state index contributed by atoms with van der Waals surface area (Å²) in [5.74, 6) is -0.934. The summed E-state index contributed by atoms with van der Waals surface area (Å²) >= 11 is 0. The molecule has 2 aromatic rings. The standard InChI is InChI=1S/C27H34N2O4/c1-20(23-15-9-5-10-16-23)29(21(2)30)27(17-11-6-12-18-27)26(32)28-24(25(31)33-3)19-22-13-7-4-8-14-22/h4-5,7-10,13-16,20,24H,6,11-12,17-19H2,1-3H3,(H,28,32)/t20-,24-/m0/s1. The van der Waals surface area contributed by atoms with Gasteiger partial charge in [0.15, 0.2) is 0 Å². The highest BCUT2D eigenvalue weighted by Gasteiger charge is 2.49. The van der Waals surface area contributed by atoms with Gasteiger partial charge in [0.25, 0.3) is 0 Å². The van der Waals surface area contributed by atoms with Crippen molar-refractivity contribution in [2.75, 3.05) is 7.11 Å². The third kappa shape index (κ3) is 5.62. The number of hydrogen-bond acceptors (Lipinski definition) is 4. The van der Waals surface area contributed by atoms with E-state index in [-0.39, 0.29) is 17.9 Å². The van der Waals surface area contributed by atoms with Crippen LogP contribution in [0.3, 0.4) is 0 Å². The van der Waals surface area contributed by atoms with E-state index in [1.54, 1.807) is 4.90 Å². The SMILES string of the molecule is COC(=O)[C@H](Cc1ccccc1)NC(=O)C1(N(C(C)=O)[C@@H](C)c2ccccc2)CCCCC1. The lowest BCUT2D eigenvalue weighted by Crippen LogP contribution is -2.63. The van der Waals surface area contributed by atoms with E-state index in [0.29, 0.717) is 19.3 Å². The zero-order chi connectivity index (χ0) is 23.8. The summed E-state index contributed by atoms with van der Waals surface area (Å²) in [6.45, 7) is 3.48. The van der Waals surface area contributed by atoms with Crippen LogP contribution in [0, 0.1) is 0 Å². The number of methoxy groups -OCH3 is 1. The number of hydrogen-bond donors (Lipinski definition) is 1. The Morgan fingerprint density at radius 1 is 0.970 bits per heavy atom. The number of esters is 1. The monoisotopic (exact) mass is 450 g/mol. The van der Waals surface area contributed by atoms with Gasteiger partial charge in [0.05, 0.1) is 13.2 Å². The Balaban J connectivity index is 1.94. The summed E-state index contributed by atoms with van der Waals surface area (Å²) in [6, 6.07) is 18.2. The molecule has 1 N–H and O–H groups in total. The highest BCUT2D eigenvalue weighted by atomic mass is 16.5. The van der Waals surface area contributed by atoms with E-state index in [1.165, 1.54) is 14.0 Å². The van der Waals surface area contributed by atoms with Crippen molar-refractivity contribution in [3.63, 3.8) is 0 Å². The van der Waals surface area contributed by atoms with E-state index >= 15 is 0 Å². The van der Waals surface area contributed by atoms with Gasteiger partial charge in [-0.15, -0.1) is 0 Å². The van der Waals surface area contributed by atoms with Crippen molar-refractivity contribution in [2.24, 2.45) is 0 Å². The van der Waals surface area contributed by atoms with Gasteiger partial charge in [-0.2, -0.15) is 0 Å². The van der Waals surface area contributed by atoms with E-state index in [0.717, 1.165) is 30.4 Å². The third-order valence-corrected chi connectivity index (χ3v) is 6.65. The van der Waals surface area contributed by atoms with E-state index in [2.05, 4.69) is 5.32 Å². The molecule has 1 fully saturated rings. The van der Waals surface area contributed by atoms with Gasteiger partial charge in [-0.3, -0.25) is 9.59 Å². The molecule has 1 aliphatic carbocycles. The highest BCUT2D eigenvalue weighted by molar-refractivity contribution is 5.94. The number of ether oxygens (including phenoxy) is 1. The van der Waals surface area contributed by atoms with Crippen molar-refractivity contribution in [1.29, 1.82) is 0 Å². The van der Waals surface area contributed by atoms with Crippen LogP contribution in [-0.4, -0.2) is 41.4 Å². The molecule has 6 heteroatoms. The Labute approximate surface area is 196 Å². The summed E-state index contributed by atoms with van der Waals surface area (Å²) < 4.78 is 5.00. The molecule has 6 nitrogen and oxygen atoms in total. The number of nitrogens with zero attached hydrogens (tertiary/aromatic N) is 1.